The zero-order valence-corrected chi connectivity index (χ0v) is 22.3. The van der Waals surface area contributed by atoms with Crippen LogP contribution in [0.15, 0.2) is 0 Å². The second-order valence-corrected chi connectivity index (χ2v) is 13.9. The predicted octanol–water partition coefficient (Wildman–Crippen LogP) is 3.00. The lowest BCUT2D eigenvalue weighted by atomic mass is 9.41. The van der Waals surface area contributed by atoms with Gasteiger partial charge < -0.3 is 20.4 Å². The molecule has 0 heterocycles. The highest BCUT2D eigenvalue weighted by Crippen LogP contribution is 2.87. The van der Waals surface area contributed by atoms with Crippen LogP contribution in [0.3, 0.4) is 0 Å². The Kier molecular flexibility index (Phi) is 5.30. The van der Waals surface area contributed by atoms with Crippen LogP contribution in [0.5, 0.6) is 0 Å². The number of aliphatic hydroxyl groups is 2. The first-order valence-electron chi connectivity index (χ1n) is 13.5. The lowest BCUT2D eigenvalue weighted by Gasteiger charge is -2.63. The highest BCUT2D eigenvalue weighted by molar-refractivity contribution is 5.92. The van der Waals surface area contributed by atoms with Gasteiger partial charge in [0.2, 0.25) is 5.91 Å². The lowest BCUT2D eigenvalue weighted by molar-refractivity contribution is -0.173. The number of Topliss-reactive ketones (excluding diaryl/α,β-unsaturated/α-hetero) is 1. The Bertz CT molecular complexity index is 907. The van der Waals surface area contributed by atoms with Crippen molar-refractivity contribution >= 4 is 11.7 Å². The third-order valence-corrected chi connectivity index (χ3v) is 12.8. The van der Waals surface area contributed by atoms with Crippen molar-refractivity contribution in [2.45, 2.75) is 97.8 Å². The first-order chi connectivity index (χ1) is 15.7. The van der Waals surface area contributed by atoms with E-state index in [0.717, 1.165) is 38.5 Å². The highest BCUT2D eigenvalue weighted by atomic mass is 16.3. The van der Waals surface area contributed by atoms with Gasteiger partial charge in [0.25, 0.3) is 0 Å². The minimum absolute atomic E-state index is 0.0371. The molecule has 192 valence electrons. The number of amides is 1. The van der Waals surface area contributed by atoms with Gasteiger partial charge in [-0.2, -0.15) is 0 Å². The summed E-state index contributed by atoms with van der Waals surface area (Å²) in [4.78, 5) is 28.4. The molecule has 0 aliphatic heterocycles. The fourth-order valence-corrected chi connectivity index (χ4v) is 10.9. The second kappa shape index (κ2) is 7.29. The van der Waals surface area contributed by atoms with Crippen molar-refractivity contribution in [3.05, 3.63) is 0 Å². The van der Waals surface area contributed by atoms with Crippen LogP contribution in [-0.2, 0) is 9.59 Å². The van der Waals surface area contributed by atoms with E-state index in [1.165, 1.54) is 0 Å². The average molecular weight is 475 g/mol. The van der Waals surface area contributed by atoms with Crippen LogP contribution >= 0.6 is 0 Å². The highest BCUT2D eigenvalue weighted by Gasteiger charge is 2.86. The van der Waals surface area contributed by atoms with Gasteiger partial charge >= 0.3 is 0 Å². The molecule has 0 saturated heterocycles. The smallest absolute Gasteiger partial charge is 0.217 e. The van der Waals surface area contributed by atoms with E-state index < -0.39 is 5.41 Å². The van der Waals surface area contributed by atoms with Crippen molar-refractivity contribution in [1.82, 2.24) is 10.2 Å². The molecule has 34 heavy (non-hydrogen) atoms. The molecule has 0 aromatic heterocycles. The first kappa shape index (κ1) is 24.7. The van der Waals surface area contributed by atoms with Gasteiger partial charge in [-0.05, 0) is 87.6 Å². The summed E-state index contributed by atoms with van der Waals surface area (Å²) in [6.07, 6.45) is 5.62. The van der Waals surface area contributed by atoms with Gasteiger partial charge in [-0.25, -0.2) is 0 Å². The maximum absolute atomic E-state index is 14.3. The van der Waals surface area contributed by atoms with E-state index in [1.54, 1.807) is 6.92 Å². The van der Waals surface area contributed by atoms with Gasteiger partial charge in [0.05, 0.1) is 12.7 Å². The standard InChI is InChI=1S/C28H46N2O4/c1-16(30(6)7)23-18(33)12-25(4)20-9-8-19-24(3,15-31)21(29-17(2)32)10-11-27(19)14-28(20,27)22(34)13-26(23,25)5/h16,18-21,23,31,33H,8-15H2,1-7H3,(H,29,32)/t16-,18+,19-,20-,21-,23-,24-,25-,26+,27+,28?/m0/s1. The number of hydrogen-bond acceptors (Lipinski definition) is 5. The quantitative estimate of drug-likeness (QED) is 0.583. The molecule has 0 aromatic carbocycles. The molecule has 11 atom stereocenters. The summed E-state index contributed by atoms with van der Waals surface area (Å²) in [6, 6.07) is 0.164. The monoisotopic (exact) mass is 474 g/mol. The van der Waals surface area contributed by atoms with Crippen LogP contribution in [0.4, 0.5) is 0 Å². The van der Waals surface area contributed by atoms with Crippen LogP contribution in [0.2, 0.25) is 0 Å². The SMILES string of the molecule is CC(=O)N[C@H]1CC[C@]23CC24C(=O)C[C@]2(C)[C@@H]([C@H](C)N(C)C)[C@H](O)C[C@@]2(C)[C@@H]4CC[C@H]3[C@]1(C)CO. The molecule has 5 aliphatic carbocycles. The first-order valence-corrected chi connectivity index (χ1v) is 13.5. The molecule has 3 N–H and O–H groups in total. The fraction of sp³-hybridized carbons (Fsp3) is 0.929. The third-order valence-electron chi connectivity index (χ3n) is 12.8. The molecule has 6 heteroatoms. The Morgan fingerprint density at radius 3 is 2.38 bits per heavy atom. The van der Waals surface area contributed by atoms with Gasteiger partial charge in [0, 0.05) is 42.2 Å². The van der Waals surface area contributed by atoms with Crippen molar-refractivity contribution < 1.29 is 19.8 Å². The predicted molar refractivity (Wildman–Crippen MR) is 131 cm³/mol. The molecule has 0 bridgehead atoms. The molecular weight excluding hydrogens is 428 g/mol. The third kappa shape index (κ3) is 2.63. The van der Waals surface area contributed by atoms with Crippen molar-refractivity contribution in [2.75, 3.05) is 20.7 Å². The maximum Gasteiger partial charge on any atom is 0.217 e. The van der Waals surface area contributed by atoms with Crippen molar-refractivity contribution in [2.24, 2.45) is 44.8 Å². The molecule has 5 aliphatic rings. The Balaban J connectivity index is 1.54. The Hall–Kier alpha value is -0.980. The van der Waals surface area contributed by atoms with Gasteiger partial charge in [0.15, 0.2) is 0 Å². The zero-order chi connectivity index (χ0) is 25.1. The molecule has 5 fully saturated rings. The molecule has 2 spiro atoms. The number of carbonyl (C=O) groups excluding carboxylic acids is 2. The number of carbonyl (C=O) groups is 2. The average Bonchev–Trinajstić information content (AvgIpc) is 3.38. The van der Waals surface area contributed by atoms with Crippen molar-refractivity contribution in [1.29, 1.82) is 0 Å². The summed E-state index contributed by atoms with van der Waals surface area (Å²) in [5.41, 5.74) is -1.06. The normalized spacial score (nSPS) is 54.5. The van der Waals surface area contributed by atoms with E-state index in [0.29, 0.717) is 12.2 Å². The van der Waals surface area contributed by atoms with Gasteiger partial charge in [-0.15, -0.1) is 0 Å². The maximum atomic E-state index is 14.3. The topological polar surface area (TPSA) is 89.9 Å². The van der Waals surface area contributed by atoms with Crippen LogP contribution in [0.25, 0.3) is 0 Å². The summed E-state index contributed by atoms with van der Waals surface area (Å²) < 4.78 is 0. The second-order valence-electron chi connectivity index (χ2n) is 13.9. The van der Waals surface area contributed by atoms with Crippen LogP contribution in [0, 0.1) is 44.8 Å². The molecule has 6 nitrogen and oxygen atoms in total. The van der Waals surface area contributed by atoms with E-state index in [2.05, 4.69) is 52.0 Å². The van der Waals surface area contributed by atoms with Crippen molar-refractivity contribution in [3.8, 4) is 0 Å². The zero-order valence-electron chi connectivity index (χ0n) is 22.3. The Morgan fingerprint density at radius 1 is 1.15 bits per heavy atom. The largest absolute Gasteiger partial charge is 0.396 e. The lowest BCUT2D eigenvalue weighted by Crippen LogP contribution is -2.63. The van der Waals surface area contributed by atoms with E-state index in [9.17, 15) is 19.8 Å². The van der Waals surface area contributed by atoms with Gasteiger partial charge in [0.1, 0.15) is 5.78 Å². The fourth-order valence-electron chi connectivity index (χ4n) is 10.9. The number of rotatable bonds is 4. The molecule has 0 radical (unpaired) electrons. The van der Waals surface area contributed by atoms with E-state index >= 15 is 0 Å². The molecule has 1 unspecified atom stereocenters. The van der Waals surface area contributed by atoms with E-state index in [4.69, 9.17) is 0 Å². The molecule has 5 saturated carbocycles. The summed E-state index contributed by atoms with van der Waals surface area (Å²) >= 11 is 0. The minimum Gasteiger partial charge on any atom is -0.396 e. The summed E-state index contributed by atoms with van der Waals surface area (Å²) in [5, 5.41) is 25.2. The summed E-state index contributed by atoms with van der Waals surface area (Å²) in [7, 11) is 4.15. The number of ketones is 1. The van der Waals surface area contributed by atoms with E-state index in [-0.39, 0.29) is 70.1 Å². The molecule has 0 aromatic rings. The Morgan fingerprint density at radius 2 is 1.79 bits per heavy atom. The van der Waals surface area contributed by atoms with E-state index in [1.807, 2.05) is 0 Å². The van der Waals surface area contributed by atoms with Crippen LogP contribution in [0.1, 0.15) is 79.6 Å². The summed E-state index contributed by atoms with van der Waals surface area (Å²) in [5.74, 6) is 0.992. The molecule has 1 amide bonds. The molecular formula is C28H46N2O4. The number of hydrogen-bond donors (Lipinski definition) is 3. The van der Waals surface area contributed by atoms with Crippen LogP contribution < -0.4 is 5.32 Å². The Labute approximate surface area is 205 Å². The van der Waals surface area contributed by atoms with Gasteiger partial charge in [-0.3, -0.25) is 9.59 Å². The number of nitrogens with one attached hydrogen (secondary N) is 1. The van der Waals surface area contributed by atoms with Crippen molar-refractivity contribution in [3.63, 3.8) is 0 Å². The number of nitrogens with zero attached hydrogens (tertiary/aromatic N) is 1. The minimum atomic E-state index is -0.405. The summed E-state index contributed by atoms with van der Waals surface area (Å²) in [6.45, 7) is 10.6. The molecule has 5 rings (SSSR count). The number of fused-ring (bicyclic) bond motifs is 2. The number of aliphatic hydroxyl groups excluding tert-OH is 2. The van der Waals surface area contributed by atoms with Gasteiger partial charge in [-0.1, -0.05) is 20.8 Å². The van der Waals surface area contributed by atoms with Crippen LogP contribution in [-0.4, -0.2) is 65.7 Å².